The Morgan fingerprint density at radius 2 is 2.00 bits per heavy atom. The minimum atomic E-state index is -0.806. The Labute approximate surface area is 189 Å². The zero-order chi connectivity index (χ0) is 22.5. The SMILES string of the molecule is Cc1ccc(CC(=O)O)cc1[C@H](C)CN[C@H](c1ccccc1)[C@H]1CNc2cccnc2N1. The molecule has 3 aromatic rings. The maximum Gasteiger partial charge on any atom is 0.307 e. The van der Waals surface area contributed by atoms with Crippen LogP contribution in [-0.2, 0) is 11.2 Å². The highest BCUT2D eigenvalue weighted by atomic mass is 16.4. The predicted molar refractivity (Wildman–Crippen MR) is 128 cm³/mol. The molecule has 166 valence electrons. The Bertz CT molecular complexity index is 1070. The standard InChI is InChI=1S/C26H30N4O2/c1-17-10-11-19(14-24(31)32)13-21(17)18(2)15-29-25(20-7-4-3-5-8-20)23-16-28-22-9-6-12-27-26(22)30-23/h3-13,18,23,25,28-29H,14-16H2,1-2H3,(H,27,30)(H,31,32)/t18-,23-,25-/m1/s1. The molecule has 1 aliphatic rings. The van der Waals surface area contributed by atoms with Gasteiger partial charge in [-0.2, -0.15) is 0 Å². The molecule has 3 atom stereocenters. The molecule has 0 amide bonds. The van der Waals surface area contributed by atoms with E-state index in [0.29, 0.717) is 0 Å². The van der Waals surface area contributed by atoms with Crippen molar-refractivity contribution in [3.63, 3.8) is 0 Å². The highest BCUT2D eigenvalue weighted by Crippen LogP contribution is 2.29. The van der Waals surface area contributed by atoms with E-state index < -0.39 is 5.97 Å². The van der Waals surface area contributed by atoms with Gasteiger partial charge in [0.2, 0.25) is 0 Å². The second-order valence-corrected chi connectivity index (χ2v) is 8.49. The van der Waals surface area contributed by atoms with Gasteiger partial charge >= 0.3 is 5.97 Å². The van der Waals surface area contributed by atoms with Crippen molar-refractivity contribution >= 4 is 17.5 Å². The molecule has 0 aliphatic carbocycles. The lowest BCUT2D eigenvalue weighted by molar-refractivity contribution is -0.136. The van der Waals surface area contributed by atoms with Gasteiger partial charge in [-0.1, -0.05) is 55.5 Å². The summed E-state index contributed by atoms with van der Waals surface area (Å²) in [5, 5.41) is 20.0. The van der Waals surface area contributed by atoms with Crippen LogP contribution in [0.5, 0.6) is 0 Å². The largest absolute Gasteiger partial charge is 0.481 e. The van der Waals surface area contributed by atoms with Gasteiger partial charge in [0.15, 0.2) is 0 Å². The number of hydrogen-bond acceptors (Lipinski definition) is 5. The fraction of sp³-hybridized carbons (Fsp3) is 0.308. The zero-order valence-electron chi connectivity index (χ0n) is 18.5. The topological polar surface area (TPSA) is 86.3 Å². The van der Waals surface area contributed by atoms with Crippen LogP contribution in [0.15, 0.2) is 66.9 Å². The molecule has 0 bridgehead atoms. The van der Waals surface area contributed by atoms with E-state index in [1.165, 1.54) is 16.7 Å². The highest BCUT2D eigenvalue weighted by Gasteiger charge is 2.27. The molecule has 1 aromatic heterocycles. The maximum absolute atomic E-state index is 11.1. The fourth-order valence-electron chi connectivity index (χ4n) is 4.38. The summed E-state index contributed by atoms with van der Waals surface area (Å²) < 4.78 is 0. The average Bonchev–Trinajstić information content (AvgIpc) is 2.80. The molecular formula is C26H30N4O2. The van der Waals surface area contributed by atoms with Gasteiger partial charge in [0, 0.05) is 19.3 Å². The molecule has 0 radical (unpaired) electrons. The summed E-state index contributed by atoms with van der Waals surface area (Å²) in [5.41, 5.74) is 5.44. The molecule has 1 aliphatic heterocycles. The molecule has 6 heteroatoms. The van der Waals surface area contributed by atoms with Gasteiger partial charge in [0.25, 0.3) is 0 Å². The summed E-state index contributed by atoms with van der Waals surface area (Å²) in [6.45, 7) is 5.82. The van der Waals surface area contributed by atoms with Crippen LogP contribution >= 0.6 is 0 Å². The van der Waals surface area contributed by atoms with E-state index in [1.807, 2.05) is 36.4 Å². The molecular weight excluding hydrogens is 400 g/mol. The van der Waals surface area contributed by atoms with E-state index in [9.17, 15) is 4.79 Å². The molecule has 0 unspecified atom stereocenters. The summed E-state index contributed by atoms with van der Waals surface area (Å²) >= 11 is 0. The molecule has 32 heavy (non-hydrogen) atoms. The van der Waals surface area contributed by atoms with Crippen molar-refractivity contribution in [1.29, 1.82) is 0 Å². The second kappa shape index (κ2) is 9.83. The Kier molecular flexibility index (Phi) is 6.71. The van der Waals surface area contributed by atoms with Crippen molar-refractivity contribution in [2.75, 3.05) is 23.7 Å². The van der Waals surface area contributed by atoms with Crippen molar-refractivity contribution in [3.8, 4) is 0 Å². The molecule has 2 aromatic carbocycles. The van der Waals surface area contributed by atoms with E-state index in [1.54, 1.807) is 6.20 Å². The lowest BCUT2D eigenvalue weighted by Gasteiger charge is -2.35. The fourth-order valence-corrected chi connectivity index (χ4v) is 4.38. The number of benzene rings is 2. The third-order valence-electron chi connectivity index (χ3n) is 6.08. The summed E-state index contributed by atoms with van der Waals surface area (Å²) in [7, 11) is 0. The van der Waals surface area contributed by atoms with Crippen LogP contribution < -0.4 is 16.0 Å². The van der Waals surface area contributed by atoms with E-state index in [4.69, 9.17) is 5.11 Å². The van der Waals surface area contributed by atoms with Crippen LogP contribution in [0.4, 0.5) is 11.5 Å². The maximum atomic E-state index is 11.1. The lowest BCUT2D eigenvalue weighted by atomic mass is 9.92. The molecule has 6 nitrogen and oxygen atoms in total. The number of aliphatic carboxylic acids is 1. The second-order valence-electron chi connectivity index (χ2n) is 8.49. The van der Waals surface area contributed by atoms with Gasteiger partial charge in [-0.3, -0.25) is 4.79 Å². The number of nitrogens with zero attached hydrogens (tertiary/aromatic N) is 1. The number of aryl methyl sites for hydroxylation is 1. The third kappa shape index (κ3) is 5.08. The quantitative estimate of drug-likeness (QED) is 0.425. The summed E-state index contributed by atoms with van der Waals surface area (Å²) in [4.78, 5) is 15.6. The smallest absolute Gasteiger partial charge is 0.307 e. The number of hydrogen-bond donors (Lipinski definition) is 4. The molecule has 0 spiro atoms. The van der Waals surface area contributed by atoms with Crippen molar-refractivity contribution in [2.24, 2.45) is 0 Å². The van der Waals surface area contributed by atoms with E-state index in [2.05, 4.69) is 59.0 Å². The van der Waals surface area contributed by atoms with Crippen molar-refractivity contribution in [3.05, 3.63) is 89.1 Å². The molecule has 2 heterocycles. The number of anilines is 2. The first-order valence-corrected chi connectivity index (χ1v) is 11.1. The van der Waals surface area contributed by atoms with Crippen molar-refractivity contribution in [1.82, 2.24) is 10.3 Å². The molecule has 0 saturated carbocycles. The molecule has 0 fully saturated rings. The van der Waals surface area contributed by atoms with Crippen LogP contribution in [0.2, 0.25) is 0 Å². The van der Waals surface area contributed by atoms with Crippen LogP contribution in [-0.4, -0.2) is 35.2 Å². The molecule has 4 rings (SSSR count). The van der Waals surface area contributed by atoms with Crippen molar-refractivity contribution < 1.29 is 9.90 Å². The zero-order valence-corrected chi connectivity index (χ0v) is 18.5. The first-order chi connectivity index (χ1) is 15.5. The van der Waals surface area contributed by atoms with Crippen molar-refractivity contribution in [2.45, 2.75) is 38.3 Å². The number of fused-ring (bicyclic) bond motifs is 1. The number of nitrogens with one attached hydrogen (secondary N) is 3. The average molecular weight is 431 g/mol. The monoisotopic (exact) mass is 430 g/mol. The number of rotatable bonds is 8. The van der Waals surface area contributed by atoms with Crippen LogP contribution in [0, 0.1) is 6.92 Å². The predicted octanol–water partition coefficient (Wildman–Crippen LogP) is 4.36. The number of pyridine rings is 1. The molecule has 4 N–H and O–H groups in total. The number of aromatic nitrogens is 1. The Morgan fingerprint density at radius 1 is 1.19 bits per heavy atom. The van der Waals surface area contributed by atoms with Crippen LogP contribution in [0.1, 0.15) is 41.1 Å². The highest BCUT2D eigenvalue weighted by molar-refractivity contribution is 5.70. The summed E-state index contributed by atoms with van der Waals surface area (Å²) in [6, 6.07) is 20.6. The number of carboxylic acid groups (broad SMARTS) is 1. The molecule has 0 saturated heterocycles. The number of carbonyl (C=O) groups is 1. The normalized spacial score (nSPS) is 16.9. The minimum absolute atomic E-state index is 0.0458. The van der Waals surface area contributed by atoms with Gasteiger partial charge in [0.1, 0.15) is 5.82 Å². The third-order valence-corrected chi connectivity index (χ3v) is 6.08. The Hall–Kier alpha value is -3.38. The van der Waals surface area contributed by atoms with Gasteiger partial charge in [-0.25, -0.2) is 4.98 Å². The van der Waals surface area contributed by atoms with E-state index >= 15 is 0 Å². The lowest BCUT2D eigenvalue weighted by Crippen LogP contribution is -2.45. The Balaban J connectivity index is 1.52. The van der Waals surface area contributed by atoms with E-state index in [-0.39, 0.29) is 24.4 Å². The van der Waals surface area contributed by atoms with Crippen LogP contribution in [0.3, 0.4) is 0 Å². The number of carboxylic acids is 1. The first kappa shape index (κ1) is 21.8. The van der Waals surface area contributed by atoms with Gasteiger partial charge < -0.3 is 21.1 Å². The first-order valence-electron chi connectivity index (χ1n) is 11.1. The van der Waals surface area contributed by atoms with Gasteiger partial charge in [-0.05, 0) is 47.2 Å². The Morgan fingerprint density at radius 3 is 2.78 bits per heavy atom. The van der Waals surface area contributed by atoms with E-state index in [0.717, 1.165) is 30.2 Å². The van der Waals surface area contributed by atoms with Crippen LogP contribution in [0.25, 0.3) is 0 Å². The minimum Gasteiger partial charge on any atom is -0.481 e. The summed E-state index contributed by atoms with van der Waals surface area (Å²) in [5.74, 6) is 0.299. The summed E-state index contributed by atoms with van der Waals surface area (Å²) in [6.07, 6.45) is 1.85. The van der Waals surface area contributed by atoms with Gasteiger partial charge in [0.05, 0.1) is 24.2 Å². The van der Waals surface area contributed by atoms with Gasteiger partial charge in [-0.15, -0.1) is 0 Å².